The van der Waals surface area contributed by atoms with Crippen LogP contribution in [0.4, 0.5) is 0 Å². The van der Waals surface area contributed by atoms with Crippen LogP contribution in [0.3, 0.4) is 0 Å². The van der Waals surface area contributed by atoms with E-state index in [1.807, 2.05) is 12.1 Å². The van der Waals surface area contributed by atoms with Gasteiger partial charge in [0.1, 0.15) is 17.3 Å². The number of hydrogen-bond acceptors (Lipinski definition) is 2. The summed E-state index contributed by atoms with van der Waals surface area (Å²) in [6.45, 7) is 7.93. The van der Waals surface area contributed by atoms with Crippen LogP contribution < -0.4 is 4.74 Å². The summed E-state index contributed by atoms with van der Waals surface area (Å²) in [5, 5.41) is 0. The summed E-state index contributed by atoms with van der Waals surface area (Å²) < 4.78 is 7.78. The molecule has 1 fully saturated rings. The highest BCUT2D eigenvalue weighted by molar-refractivity contribution is 7.96. The molecule has 4 rings (SSSR count). The van der Waals surface area contributed by atoms with E-state index < -0.39 is 0 Å². The lowest BCUT2D eigenvalue weighted by Crippen LogP contribution is -2.39. The number of benzene rings is 2. The van der Waals surface area contributed by atoms with Gasteiger partial charge in [-0.3, -0.25) is 4.90 Å². The van der Waals surface area contributed by atoms with Crippen molar-refractivity contribution in [2.45, 2.75) is 26.8 Å². The molecule has 0 aliphatic carbocycles. The Bertz CT molecular complexity index is 968. The van der Waals surface area contributed by atoms with Gasteiger partial charge in [-0.1, -0.05) is 31.2 Å². The van der Waals surface area contributed by atoms with E-state index in [0.29, 0.717) is 10.9 Å². The number of aromatic nitrogens is 1. The normalized spacial score (nSPS) is 15.5. The Labute approximate surface area is 184 Å². The maximum absolute atomic E-state index is 5.37. The van der Waals surface area contributed by atoms with E-state index in [9.17, 15) is 0 Å². The van der Waals surface area contributed by atoms with Crippen LogP contribution >= 0.6 is 0 Å². The molecular weight excluding hydrogens is 388 g/mol. The molecule has 158 valence electrons. The molecule has 0 saturated carbocycles. The molecule has 4 heteroatoms. The fourth-order valence-electron chi connectivity index (χ4n) is 4.19. The Morgan fingerprint density at radius 3 is 2.23 bits per heavy atom. The zero-order valence-corrected chi connectivity index (χ0v) is 19.5. The van der Waals surface area contributed by atoms with Gasteiger partial charge in [0.15, 0.2) is 0 Å². The van der Waals surface area contributed by atoms with Crippen molar-refractivity contribution in [3.05, 3.63) is 71.4 Å². The Hall–Kier alpha value is -2.17. The van der Waals surface area contributed by atoms with Gasteiger partial charge in [0.05, 0.1) is 19.1 Å². The van der Waals surface area contributed by atoms with Gasteiger partial charge in [-0.2, -0.15) is 0 Å². The maximum atomic E-state index is 5.37. The molecule has 0 unspecified atom stereocenters. The molecule has 0 amide bonds. The first-order valence-corrected chi connectivity index (χ1v) is 12.8. The third-order valence-corrected chi connectivity index (χ3v) is 8.01. The number of methoxy groups -OCH3 is 1. The first-order valence-electron chi connectivity index (χ1n) is 10.9. The summed E-state index contributed by atoms with van der Waals surface area (Å²) in [7, 11) is 2.32. The van der Waals surface area contributed by atoms with Crippen LogP contribution in [0.2, 0.25) is 0 Å². The molecule has 1 aliphatic rings. The molecule has 3 nitrogen and oxygen atoms in total. The average Bonchev–Trinajstić information content (AvgIpc) is 3.11. The third-order valence-electron chi connectivity index (χ3n) is 6.25. The summed E-state index contributed by atoms with van der Waals surface area (Å²) in [5.41, 5.74) is 7.85. The summed E-state index contributed by atoms with van der Waals surface area (Å²) in [6, 6.07) is 19.8. The van der Waals surface area contributed by atoms with E-state index in [0.717, 1.165) is 18.7 Å². The van der Waals surface area contributed by atoms with Crippen molar-refractivity contribution >= 4 is 10.9 Å². The number of aryl methyl sites for hydroxylation is 1. The zero-order valence-electron chi connectivity index (χ0n) is 18.6. The van der Waals surface area contributed by atoms with Gasteiger partial charge in [0, 0.05) is 31.0 Å². The van der Waals surface area contributed by atoms with Crippen LogP contribution in [0, 0.1) is 6.92 Å². The van der Waals surface area contributed by atoms with Crippen molar-refractivity contribution in [1.82, 2.24) is 9.47 Å². The largest absolute Gasteiger partial charge is 0.497 e. The molecular formula is C26H33N2OS+. The predicted molar refractivity (Wildman–Crippen MR) is 130 cm³/mol. The topological polar surface area (TPSA) is 17.4 Å². The number of hydrogen-bond donors (Lipinski definition) is 0. The van der Waals surface area contributed by atoms with E-state index in [1.165, 1.54) is 58.4 Å². The van der Waals surface area contributed by atoms with Crippen LogP contribution in [0.15, 0.2) is 54.6 Å². The standard InChI is InChI=1S/C26H33N2OS/c1-5-21-6-8-22(9-7-21)26-18-23(19-27-14-16-30(4)17-15-27)20(2)28(26)24-10-12-25(29-3)13-11-24/h6-13,18H,5,14-17,19H2,1-4H3/q+1. The van der Waals surface area contributed by atoms with Crippen molar-refractivity contribution in [1.29, 1.82) is 0 Å². The van der Waals surface area contributed by atoms with Crippen LogP contribution in [0.5, 0.6) is 5.75 Å². The summed E-state index contributed by atoms with van der Waals surface area (Å²) in [5.74, 6) is 3.56. The SMILES string of the molecule is CCc1ccc(-c2cc(CN3CC[S+](C)CC3)c(C)n2-c2ccc(OC)cc2)cc1. The molecule has 0 bridgehead atoms. The van der Waals surface area contributed by atoms with Gasteiger partial charge in [-0.25, -0.2) is 0 Å². The Morgan fingerprint density at radius 2 is 1.63 bits per heavy atom. The minimum Gasteiger partial charge on any atom is -0.497 e. The van der Waals surface area contributed by atoms with Crippen LogP contribution in [0.25, 0.3) is 16.9 Å². The van der Waals surface area contributed by atoms with E-state index >= 15 is 0 Å². The summed E-state index contributed by atoms with van der Waals surface area (Å²) >= 11 is 0. The van der Waals surface area contributed by atoms with Gasteiger partial charge in [-0.15, -0.1) is 0 Å². The quantitative estimate of drug-likeness (QED) is 0.516. The molecule has 1 saturated heterocycles. The van der Waals surface area contributed by atoms with Crippen molar-refractivity contribution in [3.8, 4) is 22.7 Å². The molecule has 30 heavy (non-hydrogen) atoms. The summed E-state index contributed by atoms with van der Waals surface area (Å²) in [4.78, 5) is 2.62. The molecule has 1 aliphatic heterocycles. The van der Waals surface area contributed by atoms with E-state index in [2.05, 4.69) is 72.0 Å². The van der Waals surface area contributed by atoms with Gasteiger partial charge in [-0.05, 0) is 71.3 Å². The van der Waals surface area contributed by atoms with Crippen LogP contribution in [0.1, 0.15) is 23.7 Å². The molecule has 3 aromatic rings. The van der Waals surface area contributed by atoms with Crippen molar-refractivity contribution < 1.29 is 4.74 Å². The van der Waals surface area contributed by atoms with E-state index in [4.69, 9.17) is 4.74 Å². The first-order chi connectivity index (χ1) is 14.6. The van der Waals surface area contributed by atoms with Gasteiger partial charge < -0.3 is 9.30 Å². The van der Waals surface area contributed by atoms with Gasteiger partial charge in [0.2, 0.25) is 0 Å². The second-order valence-corrected chi connectivity index (χ2v) is 10.6. The second kappa shape index (κ2) is 9.32. The monoisotopic (exact) mass is 421 g/mol. The highest BCUT2D eigenvalue weighted by Crippen LogP contribution is 2.31. The number of nitrogens with zero attached hydrogens (tertiary/aromatic N) is 2. The lowest BCUT2D eigenvalue weighted by atomic mass is 10.1. The van der Waals surface area contributed by atoms with E-state index in [-0.39, 0.29) is 0 Å². The van der Waals surface area contributed by atoms with Crippen LogP contribution in [-0.2, 0) is 23.9 Å². The fraction of sp³-hybridized carbons (Fsp3) is 0.385. The number of ether oxygens (including phenoxy) is 1. The third kappa shape index (κ3) is 4.45. The summed E-state index contributed by atoms with van der Waals surface area (Å²) in [6.07, 6.45) is 3.47. The lowest BCUT2D eigenvalue weighted by Gasteiger charge is -2.25. The molecule has 2 heterocycles. The highest BCUT2D eigenvalue weighted by Gasteiger charge is 2.24. The fourth-order valence-corrected chi connectivity index (χ4v) is 5.53. The molecule has 2 aromatic carbocycles. The first kappa shape index (κ1) is 21.1. The number of rotatable bonds is 6. The zero-order chi connectivity index (χ0) is 21.1. The maximum Gasteiger partial charge on any atom is 0.120 e. The predicted octanol–water partition coefficient (Wildman–Crippen LogP) is 5.09. The minimum absolute atomic E-state index is 0.602. The smallest absolute Gasteiger partial charge is 0.120 e. The molecule has 1 aromatic heterocycles. The molecule has 0 spiro atoms. The molecule has 0 atom stereocenters. The lowest BCUT2D eigenvalue weighted by molar-refractivity contribution is 0.292. The van der Waals surface area contributed by atoms with E-state index in [1.54, 1.807) is 7.11 Å². The Morgan fingerprint density at radius 1 is 0.967 bits per heavy atom. The van der Waals surface area contributed by atoms with Crippen molar-refractivity contribution in [2.75, 3.05) is 38.0 Å². The van der Waals surface area contributed by atoms with Crippen LogP contribution in [-0.4, -0.2) is 47.4 Å². The van der Waals surface area contributed by atoms with Crippen molar-refractivity contribution in [2.24, 2.45) is 0 Å². The Balaban J connectivity index is 1.73. The highest BCUT2D eigenvalue weighted by atomic mass is 32.2. The second-order valence-electron chi connectivity index (χ2n) is 8.19. The van der Waals surface area contributed by atoms with Gasteiger partial charge >= 0.3 is 0 Å². The minimum atomic E-state index is 0.602. The van der Waals surface area contributed by atoms with Gasteiger partial charge in [0.25, 0.3) is 0 Å². The molecule has 0 N–H and O–H groups in total. The van der Waals surface area contributed by atoms with Crippen molar-refractivity contribution in [3.63, 3.8) is 0 Å². The Kier molecular flexibility index (Phi) is 6.55. The molecule has 0 radical (unpaired) electrons. The average molecular weight is 422 g/mol.